The lowest BCUT2D eigenvalue weighted by Gasteiger charge is -2.19. The number of hydrogen-bond acceptors (Lipinski definition) is 4. The summed E-state index contributed by atoms with van der Waals surface area (Å²) in [6.45, 7) is 2.05. The van der Waals surface area contributed by atoms with Crippen molar-refractivity contribution in [1.29, 1.82) is 0 Å². The SMILES string of the molecule is c1ccc(COC[C@@H]2SC(SCc3ccccc3)C[C@H]2OCc2ccccc2)cc1. The van der Waals surface area contributed by atoms with Gasteiger partial charge in [0.2, 0.25) is 0 Å². The van der Waals surface area contributed by atoms with Crippen molar-refractivity contribution >= 4 is 23.5 Å². The molecule has 3 aromatic rings. The number of thioether (sulfide) groups is 2. The van der Waals surface area contributed by atoms with Crippen molar-refractivity contribution in [2.45, 2.75) is 41.3 Å². The fourth-order valence-corrected chi connectivity index (χ4v) is 6.59. The Morgan fingerprint density at radius 1 is 0.733 bits per heavy atom. The summed E-state index contributed by atoms with van der Waals surface area (Å²) in [5.41, 5.74) is 3.83. The van der Waals surface area contributed by atoms with E-state index < -0.39 is 0 Å². The zero-order chi connectivity index (χ0) is 20.4. The molecule has 0 bridgehead atoms. The zero-order valence-corrected chi connectivity index (χ0v) is 18.7. The second-order valence-electron chi connectivity index (χ2n) is 7.47. The van der Waals surface area contributed by atoms with Gasteiger partial charge in [-0.1, -0.05) is 91.0 Å². The molecular formula is C26H28O2S2. The molecule has 30 heavy (non-hydrogen) atoms. The van der Waals surface area contributed by atoms with Crippen molar-refractivity contribution in [3.63, 3.8) is 0 Å². The Labute approximate surface area is 188 Å². The minimum absolute atomic E-state index is 0.222. The highest BCUT2D eigenvalue weighted by molar-refractivity contribution is 8.17. The van der Waals surface area contributed by atoms with Crippen molar-refractivity contribution in [2.75, 3.05) is 6.61 Å². The Hall–Kier alpha value is -1.72. The van der Waals surface area contributed by atoms with Crippen LogP contribution >= 0.6 is 23.5 Å². The molecule has 4 rings (SSSR count). The van der Waals surface area contributed by atoms with E-state index in [2.05, 4.69) is 78.9 Å². The maximum Gasteiger partial charge on any atom is 0.0739 e. The molecule has 3 atom stereocenters. The van der Waals surface area contributed by atoms with Crippen molar-refractivity contribution in [2.24, 2.45) is 0 Å². The molecule has 1 heterocycles. The van der Waals surface area contributed by atoms with Crippen molar-refractivity contribution < 1.29 is 9.47 Å². The standard InChI is InChI=1S/C26H28O2S2/c1-4-10-21(11-5-1)17-27-19-25-24(28-18-22-12-6-2-7-13-22)16-26(30-25)29-20-23-14-8-3-9-15-23/h1-15,24-26H,16-20H2/t24-,25+,26?/m1/s1. The first-order valence-electron chi connectivity index (χ1n) is 10.4. The van der Waals surface area contributed by atoms with Crippen LogP contribution in [-0.2, 0) is 28.4 Å². The summed E-state index contributed by atoms with van der Waals surface area (Å²) in [7, 11) is 0. The van der Waals surface area contributed by atoms with Crippen molar-refractivity contribution in [3.8, 4) is 0 Å². The average molecular weight is 437 g/mol. The van der Waals surface area contributed by atoms with E-state index in [9.17, 15) is 0 Å². The van der Waals surface area contributed by atoms with Gasteiger partial charge in [-0.3, -0.25) is 0 Å². The Morgan fingerprint density at radius 3 is 1.93 bits per heavy atom. The van der Waals surface area contributed by atoms with Gasteiger partial charge in [0.15, 0.2) is 0 Å². The van der Waals surface area contributed by atoms with Crippen LogP contribution in [0.25, 0.3) is 0 Å². The summed E-state index contributed by atoms with van der Waals surface area (Å²) in [5, 5.41) is 0.366. The average Bonchev–Trinajstić information content (AvgIpc) is 3.20. The summed E-state index contributed by atoms with van der Waals surface area (Å²) < 4.78 is 13.0. The highest BCUT2D eigenvalue weighted by Crippen LogP contribution is 2.43. The molecule has 0 spiro atoms. The second kappa shape index (κ2) is 11.6. The molecule has 0 N–H and O–H groups in total. The Bertz CT molecular complexity index is 858. The van der Waals surface area contributed by atoms with E-state index in [1.807, 2.05) is 35.7 Å². The van der Waals surface area contributed by atoms with E-state index in [0.29, 0.717) is 23.0 Å². The maximum atomic E-state index is 6.37. The fourth-order valence-electron chi connectivity index (χ4n) is 3.52. The molecule has 0 radical (unpaired) electrons. The predicted octanol–water partition coefficient (Wildman–Crippen LogP) is 6.55. The van der Waals surface area contributed by atoms with E-state index in [1.165, 1.54) is 16.7 Å². The van der Waals surface area contributed by atoms with E-state index in [-0.39, 0.29) is 6.10 Å². The Balaban J connectivity index is 1.31. The van der Waals surface area contributed by atoms with E-state index in [1.54, 1.807) is 0 Å². The minimum Gasteiger partial charge on any atom is -0.376 e. The van der Waals surface area contributed by atoms with Gasteiger partial charge in [-0.25, -0.2) is 0 Å². The summed E-state index contributed by atoms with van der Waals surface area (Å²) in [5.74, 6) is 1.04. The van der Waals surface area contributed by atoms with Gasteiger partial charge >= 0.3 is 0 Å². The molecular weight excluding hydrogens is 408 g/mol. The first-order chi connectivity index (χ1) is 14.9. The van der Waals surface area contributed by atoms with Crippen LogP contribution in [0.3, 0.4) is 0 Å². The molecule has 1 aliphatic rings. The monoisotopic (exact) mass is 436 g/mol. The van der Waals surface area contributed by atoms with Gasteiger partial charge in [-0.05, 0) is 23.1 Å². The molecule has 0 saturated carbocycles. The Kier molecular flexibility index (Phi) is 8.33. The first-order valence-corrected chi connectivity index (χ1v) is 12.4. The summed E-state index contributed by atoms with van der Waals surface area (Å²) >= 11 is 4.04. The molecule has 0 aromatic heterocycles. The summed E-state index contributed by atoms with van der Waals surface area (Å²) in [6, 6.07) is 31.6. The summed E-state index contributed by atoms with van der Waals surface area (Å²) in [4.78, 5) is 0. The van der Waals surface area contributed by atoms with Gasteiger partial charge in [0.25, 0.3) is 0 Å². The molecule has 0 amide bonds. The third-order valence-corrected chi connectivity index (χ3v) is 8.24. The lowest BCUT2D eigenvalue weighted by atomic mass is 10.2. The van der Waals surface area contributed by atoms with Gasteiger partial charge in [0.05, 0.1) is 35.8 Å². The van der Waals surface area contributed by atoms with Crippen LogP contribution in [0.4, 0.5) is 0 Å². The highest BCUT2D eigenvalue weighted by Gasteiger charge is 2.36. The molecule has 3 aromatic carbocycles. The van der Waals surface area contributed by atoms with E-state index >= 15 is 0 Å². The normalized spacial score (nSPS) is 21.0. The number of rotatable bonds is 10. The zero-order valence-electron chi connectivity index (χ0n) is 17.1. The smallest absolute Gasteiger partial charge is 0.0739 e. The number of ether oxygens (including phenoxy) is 2. The van der Waals surface area contributed by atoms with E-state index in [4.69, 9.17) is 9.47 Å². The molecule has 4 heteroatoms. The van der Waals surface area contributed by atoms with Gasteiger partial charge in [0, 0.05) is 5.75 Å². The maximum absolute atomic E-state index is 6.37. The lowest BCUT2D eigenvalue weighted by Crippen LogP contribution is -2.26. The predicted molar refractivity (Wildman–Crippen MR) is 129 cm³/mol. The van der Waals surface area contributed by atoms with Crippen LogP contribution < -0.4 is 0 Å². The quantitative estimate of drug-likeness (QED) is 0.358. The Morgan fingerprint density at radius 2 is 1.30 bits per heavy atom. The van der Waals surface area contributed by atoms with Crippen LogP contribution in [0.2, 0.25) is 0 Å². The van der Waals surface area contributed by atoms with E-state index in [0.717, 1.165) is 18.8 Å². The fraction of sp³-hybridized carbons (Fsp3) is 0.308. The van der Waals surface area contributed by atoms with Crippen LogP contribution in [0, 0.1) is 0 Å². The first kappa shape index (κ1) is 21.5. The van der Waals surface area contributed by atoms with Crippen LogP contribution in [0.15, 0.2) is 91.0 Å². The van der Waals surface area contributed by atoms with Gasteiger partial charge in [0.1, 0.15) is 0 Å². The van der Waals surface area contributed by atoms with Crippen LogP contribution in [0.5, 0.6) is 0 Å². The molecule has 156 valence electrons. The molecule has 1 fully saturated rings. The molecule has 0 aliphatic carbocycles. The summed E-state index contributed by atoms with van der Waals surface area (Å²) in [6.07, 6.45) is 1.29. The third-order valence-electron chi connectivity index (χ3n) is 5.15. The minimum atomic E-state index is 0.222. The second-order valence-corrected chi connectivity index (χ2v) is 10.4. The number of hydrogen-bond donors (Lipinski definition) is 0. The largest absolute Gasteiger partial charge is 0.376 e. The lowest BCUT2D eigenvalue weighted by molar-refractivity contribution is 0.0168. The molecule has 2 nitrogen and oxygen atoms in total. The van der Waals surface area contributed by atoms with Crippen molar-refractivity contribution in [1.82, 2.24) is 0 Å². The topological polar surface area (TPSA) is 18.5 Å². The third kappa shape index (κ3) is 6.64. The van der Waals surface area contributed by atoms with Crippen molar-refractivity contribution in [3.05, 3.63) is 108 Å². The highest BCUT2D eigenvalue weighted by atomic mass is 32.2. The van der Waals surface area contributed by atoms with Gasteiger partial charge in [-0.2, -0.15) is 0 Å². The molecule has 1 aliphatic heterocycles. The van der Waals surface area contributed by atoms with Gasteiger partial charge < -0.3 is 9.47 Å². The molecule has 1 saturated heterocycles. The van der Waals surface area contributed by atoms with Gasteiger partial charge in [-0.15, -0.1) is 23.5 Å². The van der Waals surface area contributed by atoms with Crippen LogP contribution in [0.1, 0.15) is 23.1 Å². The van der Waals surface area contributed by atoms with Crippen LogP contribution in [-0.4, -0.2) is 22.5 Å². The number of benzene rings is 3. The molecule has 1 unspecified atom stereocenters.